The minimum Gasteiger partial charge on any atom is -0.319 e. The molecule has 7 heteroatoms. The van der Waals surface area contributed by atoms with Gasteiger partial charge in [-0.15, -0.1) is 0 Å². The van der Waals surface area contributed by atoms with Gasteiger partial charge in [0, 0.05) is 11.6 Å². The molecule has 3 rings (SSSR count). The monoisotopic (exact) mass is 398 g/mol. The molecule has 3 nitrogen and oxygen atoms in total. The number of nitrogens with one attached hydrogen (secondary N) is 1. The number of nitrogens with zero attached hydrogens (tertiary/aromatic N) is 1. The lowest BCUT2D eigenvalue weighted by atomic mass is 10.1. The van der Waals surface area contributed by atoms with Crippen LogP contribution >= 0.6 is 46.4 Å². The second kappa shape index (κ2) is 6.77. The topological polar surface area (TPSA) is 42.0 Å². The van der Waals surface area contributed by atoms with Crippen molar-refractivity contribution in [3.05, 3.63) is 67.7 Å². The van der Waals surface area contributed by atoms with Crippen molar-refractivity contribution in [2.75, 3.05) is 5.32 Å². The van der Waals surface area contributed by atoms with Gasteiger partial charge in [-0.25, -0.2) is 0 Å². The Labute approximate surface area is 158 Å². The number of anilines is 1. The van der Waals surface area contributed by atoms with Gasteiger partial charge in [-0.2, -0.15) is 0 Å². The summed E-state index contributed by atoms with van der Waals surface area (Å²) in [6, 6.07) is 8.47. The van der Waals surface area contributed by atoms with Crippen molar-refractivity contribution >= 4 is 68.9 Å². The summed E-state index contributed by atoms with van der Waals surface area (Å²) in [6.45, 7) is 1.79. The molecule has 0 unspecified atom stereocenters. The molecule has 0 radical (unpaired) electrons. The second-order valence-electron chi connectivity index (χ2n) is 5.12. The maximum Gasteiger partial charge on any atom is 0.258 e. The first-order chi connectivity index (χ1) is 11.4. The maximum absolute atomic E-state index is 12.7. The molecule has 0 aliphatic rings. The molecule has 0 fully saturated rings. The van der Waals surface area contributed by atoms with Crippen LogP contribution in [0.1, 0.15) is 15.9 Å². The van der Waals surface area contributed by atoms with E-state index in [1.165, 1.54) is 0 Å². The fourth-order valence-corrected chi connectivity index (χ4v) is 3.44. The second-order valence-corrected chi connectivity index (χ2v) is 6.72. The number of carbonyl (C=O) groups excluding carboxylic acids is 1. The van der Waals surface area contributed by atoms with Crippen molar-refractivity contribution in [1.82, 2.24) is 4.98 Å². The molecule has 0 atom stereocenters. The van der Waals surface area contributed by atoms with Crippen LogP contribution in [-0.4, -0.2) is 10.9 Å². The molecule has 0 aliphatic heterocycles. The van der Waals surface area contributed by atoms with E-state index in [-0.39, 0.29) is 15.6 Å². The van der Waals surface area contributed by atoms with Crippen LogP contribution in [0.25, 0.3) is 10.9 Å². The highest BCUT2D eigenvalue weighted by Crippen LogP contribution is 2.36. The molecule has 0 aliphatic carbocycles. The molecular formula is C17H10Cl4N2O. The summed E-state index contributed by atoms with van der Waals surface area (Å²) < 4.78 is 0. The summed E-state index contributed by atoms with van der Waals surface area (Å²) in [7, 11) is 0. The Hall–Kier alpha value is -1.52. The van der Waals surface area contributed by atoms with Crippen molar-refractivity contribution in [2.24, 2.45) is 0 Å². The number of aromatic nitrogens is 1. The first-order valence-corrected chi connectivity index (χ1v) is 8.40. The maximum atomic E-state index is 12.7. The fourth-order valence-electron chi connectivity index (χ4n) is 2.33. The Bertz CT molecular complexity index is 972. The number of hydrogen-bond acceptors (Lipinski definition) is 2. The molecule has 1 N–H and O–H groups in total. The van der Waals surface area contributed by atoms with Crippen LogP contribution in [0.4, 0.5) is 5.69 Å². The lowest BCUT2D eigenvalue weighted by Crippen LogP contribution is -2.14. The van der Waals surface area contributed by atoms with Gasteiger partial charge in [-0.1, -0.05) is 52.5 Å². The predicted molar refractivity (Wildman–Crippen MR) is 101 cm³/mol. The Kier molecular flexibility index (Phi) is 4.88. The summed E-state index contributed by atoms with van der Waals surface area (Å²) in [5, 5.41) is 4.70. The highest BCUT2D eigenvalue weighted by atomic mass is 35.5. The summed E-state index contributed by atoms with van der Waals surface area (Å²) in [5.41, 5.74) is 1.78. The van der Waals surface area contributed by atoms with Gasteiger partial charge in [-0.3, -0.25) is 9.78 Å². The number of aryl methyl sites for hydroxylation is 1. The number of hydrogen-bond donors (Lipinski definition) is 1. The normalized spacial score (nSPS) is 10.9. The molecule has 0 saturated heterocycles. The van der Waals surface area contributed by atoms with Crippen LogP contribution in [0, 0.1) is 6.92 Å². The zero-order chi connectivity index (χ0) is 17.4. The smallest absolute Gasteiger partial charge is 0.258 e. The average molecular weight is 400 g/mol. The quantitative estimate of drug-likeness (QED) is 0.540. The molecule has 1 amide bonds. The largest absolute Gasteiger partial charge is 0.319 e. The summed E-state index contributed by atoms with van der Waals surface area (Å²) in [4.78, 5) is 17.0. The molecule has 1 aromatic heterocycles. The van der Waals surface area contributed by atoms with Gasteiger partial charge in [0.25, 0.3) is 5.91 Å². The highest BCUT2D eigenvalue weighted by Gasteiger charge is 2.20. The fraction of sp³-hybridized carbons (Fsp3) is 0.0588. The van der Waals surface area contributed by atoms with Crippen molar-refractivity contribution in [2.45, 2.75) is 6.92 Å². The van der Waals surface area contributed by atoms with E-state index in [9.17, 15) is 4.79 Å². The molecular weight excluding hydrogens is 390 g/mol. The van der Waals surface area contributed by atoms with E-state index in [2.05, 4.69) is 10.3 Å². The first kappa shape index (κ1) is 17.3. The van der Waals surface area contributed by atoms with Gasteiger partial charge in [0.1, 0.15) is 0 Å². The molecule has 24 heavy (non-hydrogen) atoms. The third-order valence-corrected chi connectivity index (χ3v) is 4.96. The summed E-state index contributed by atoms with van der Waals surface area (Å²) in [6.07, 6.45) is 1.59. The van der Waals surface area contributed by atoms with Crippen molar-refractivity contribution < 1.29 is 4.79 Å². The van der Waals surface area contributed by atoms with Crippen LogP contribution in [-0.2, 0) is 0 Å². The van der Waals surface area contributed by atoms with Crippen molar-refractivity contribution in [3.8, 4) is 0 Å². The van der Waals surface area contributed by atoms with E-state index in [4.69, 9.17) is 46.4 Å². The number of benzene rings is 2. The summed E-state index contributed by atoms with van der Waals surface area (Å²) >= 11 is 24.8. The third kappa shape index (κ3) is 3.05. The van der Waals surface area contributed by atoms with Crippen LogP contribution in [0.15, 0.2) is 36.5 Å². The van der Waals surface area contributed by atoms with Gasteiger partial charge in [-0.05, 0) is 36.8 Å². The molecule has 1 heterocycles. The minimum absolute atomic E-state index is 0.188. The number of fused-ring (bicyclic) bond motifs is 1. The van der Waals surface area contributed by atoms with Crippen molar-refractivity contribution in [3.63, 3.8) is 0 Å². The predicted octanol–water partition coefficient (Wildman–Crippen LogP) is 6.41. The van der Waals surface area contributed by atoms with E-state index in [0.29, 0.717) is 26.6 Å². The number of amides is 1. The van der Waals surface area contributed by atoms with Gasteiger partial charge >= 0.3 is 0 Å². The average Bonchev–Trinajstić information content (AvgIpc) is 2.55. The lowest BCUT2D eigenvalue weighted by Gasteiger charge is -2.13. The van der Waals surface area contributed by atoms with E-state index >= 15 is 0 Å². The molecule has 0 bridgehead atoms. The van der Waals surface area contributed by atoms with Crippen LogP contribution in [0.2, 0.25) is 20.1 Å². The van der Waals surface area contributed by atoms with Crippen molar-refractivity contribution in [1.29, 1.82) is 0 Å². The van der Waals surface area contributed by atoms with Crippen LogP contribution in [0.3, 0.4) is 0 Å². The van der Waals surface area contributed by atoms with Gasteiger partial charge in [0.2, 0.25) is 0 Å². The summed E-state index contributed by atoms with van der Waals surface area (Å²) in [5.74, 6) is -0.468. The van der Waals surface area contributed by atoms with E-state index in [0.717, 1.165) is 5.56 Å². The molecule has 2 aromatic carbocycles. The zero-order valence-electron chi connectivity index (χ0n) is 12.3. The Balaban J connectivity index is 2.12. The number of carbonyl (C=O) groups is 1. The van der Waals surface area contributed by atoms with Gasteiger partial charge < -0.3 is 5.32 Å². The Morgan fingerprint density at radius 3 is 2.54 bits per heavy atom. The van der Waals surface area contributed by atoms with Gasteiger partial charge in [0.05, 0.1) is 36.9 Å². The molecule has 3 aromatic rings. The minimum atomic E-state index is -0.468. The molecule has 122 valence electrons. The van der Waals surface area contributed by atoms with Crippen LogP contribution in [0.5, 0.6) is 0 Å². The van der Waals surface area contributed by atoms with E-state index in [1.54, 1.807) is 43.5 Å². The number of halogens is 4. The van der Waals surface area contributed by atoms with Gasteiger partial charge in [0.15, 0.2) is 0 Å². The molecule has 0 spiro atoms. The third-order valence-electron chi connectivity index (χ3n) is 3.54. The Morgan fingerprint density at radius 2 is 1.79 bits per heavy atom. The van der Waals surface area contributed by atoms with Crippen LogP contribution < -0.4 is 5.32 Å². The zero-order valence-corrected chi connectivity index (χ0v) is 15.4. The Morgan fingerprint density at radius 1 is 1.04 bits per heavy atom. The lowest BCUT2D eigenvalue weighted by molar-refractivity contribution is 0.102. The highest BCUT2D eigenvalue weighted by molar-refractivity contribution is 6.43. The SMILES string of the molecule is Cc1ccc(Cl)c(C(=O)Nc2c(Cl)cc(Cl)c3cccnc23)c1Cl. The number of pyridine rings is 1. The first-order valence-electron chi connectivity index (χ1n) is 6.89. The van der Waals surface area contributed by atoms with E-state index < -0.39 is 5.91 Å². The molecule has 0 saturated carbocycles. The van der Waals surface area contributed by atoms with E-state index in [1.807, 2.05) is 0 Å². The standard InChI is InChI=1S/C17H10Cl4N2O/c1-8-4-5-10(18)13(14(8)21)17(24)23-16-12(20)7-11(19)9-3-2-6-22-15(9)16/h2-7H,1H3,(H,23,24). The number of rotatable bonds is 2.